The van der Waals surface area contributed by atoms with E-state index in [0.717, 1.165) is 0 Å². The SMILES string of the molecule is CC(C)Oc1cc(OC(C)C)c([N+](=O)[O-])cc1Cl. The van der Waals surface area contributed by atoms with Crippen molar-refractivity contribution in [1.82, 2.24) is 0 Å². The Labute approximate surface area is 111 Å². The summed E-state index contributed by atoms with van der Waals surface area (Å²) < 4.78 is 10.9. The first-order chi connectivity index (χ1) is 8.31. The van der Waals surface area contributed by atoms with Crippen molar-refractivity contribution in [3.8, 4) is 11.5 Å². The highest BCUT2D eigenvalue weighted by Crippen LogP contribution is 2.38. The van der Waals surface area contributed by atoms with Gasteiger partial charge in [0.05, 0.1) is 22.2 Å². The molecule has 0 N–H and O–H groups in total. The van der Waals surface area contributed by atoms with Gasteiger partial charge in [-0.25, -0.2) is 0 Å². The minimum absolute atomic E-state index is 0.0733. The minimum atomic E-state index is -0.525. The number of hydrogen-bond donors (Lipinski definition) is 0. The Morgan fingerprint density at radius 3 is 2.06 bits per heavy atom. The molecule has 0 atom stereocenters. The highest BCUT2D eigenvalue weighted by Gasteiger charge is 2.21. The van der Waals surface area contributed by atoms with Crippen molar-refractivity contribution in [2.45, 2.75) is 39.9 Å². The summed E-state index contributed by atoms with van der Waals surface area (Å²) in [6, 6.07) is 2.71. The number of hydrogen-bond acceptors (Lipinski definition) is 4. The molecule has 1 aromatic carbocycles. The van der Waals surface area contributed by atoms with E-state index in [9.17, 15) is 10.1 Å². The normalized spacial score (nSPS) is 10.8. The minimum Gasteiger partial charge on any atom is -0.489 e. The number of nitro benzene ring substituents is 1. The highest BCUT2D eigenvalue weighted by molar-refractivity contribution is 6.32. The lowest BCUT2D eigenvalue weighted by atomic mass is 10.2. The summed E-state index contributed by atoms with van der Waals surface area (Å²) in [7, 11) is 0. The quantitative estimate of drug-likeness (QED) is 0.604. The van der Waals surface area contributed by atoms with Crippen LogP contribution in [0.5, 0.6) is 11.5 Å². The Bertz CT molecular complexity index is 446. The topological polar surface area (TPSA) is 61.6 Å². The summed E-state index contributed by atoms with van der Waals surface area (Å²) in [6.07, 6.45) is -0.243. The first kappa shape index (κ1) is 14.6. The molecule has 100 valence electrons. The monoisotopic (exact) mass is 273 g/mol. The fourth-order valence-electron chi connectivity index (χ4n) is 1.36. The van der Waals surface area contributed by atoms with Gasteiger partial charge in [-0.2, -0.15) is 0 Å². The van der Waals surface area contributed by atoms with Gasteiger partial charge in [0.2, 0.25) is 5.75 Å². The van der Waals surface area contributed by atoms with Crippen LogP contribution in [0.1, 0.15) is 27.7 Å². The summed E-state index contributed by atoms with van der Waals surface area (Å²) in [4.78, 5) is 10.4. The molecule has 6 heteroatoms. The molecule has 0 saturated carbocycles. The maximum Gasteiger partial charge on any atom is 0.312 e. The van der Waals surface area contributed by atoms with E-state index >= 15 is 0 Å². The summed E-state index contributed by atoms with van der Waals surface area (Å²) in [5.41, 5.74) is -0.162. The molecule has 1 rings (SSSR count). The maximum absolute atomic E-state index is 10.9. The molecular formula is C12H16ClNO4. The second-order valence-electron chi connectivity index (χ2n) is 4.34. The van der Waals surface area contributed by atoms with E-state index < -0.39 is 4.92 Å². The Hall–Kier alpha value is -1.49. The summed E-state index contributed by atoms with van der Waals surface area (Å²) >= 11 is 5.94. The average Bonchev–Trinajstić information content (AvgIpc) is 2.20. The van der Waals surface area contributed by atoms with Crippen molar-refractivity contribution in [2.24, 2.45) is 0 Å². The van der Waals surface area contributed by atoms with E-state index in [4.69, 9.17) is 21.1 Å². The predicted octanol–water partition coefficient (Wildman–Crippen LogP) is 3.82. The average molecular weight is 274 g/mol. The molecule has 0 aliphatic heterocycles. The number of nitrogens with zero attached hydrogens (tertiary/aromatic N) is 1. The van der Waals surface area contributed by atoms with Gasteiger partial charge in [0, 0.05) is 12.1 Å². The number of benzene rings is 1. The smallest absolute Gasteiger partial charge is 0.312 e. The lowest BCUT2D eigenvalue weighted by Crippen LogP contribution is -2.09. The van der Waals surface area contributed by atoms with E-state index in [-0.39, 0.29) is 28.7 Å². The van der Waals surface area contributed by atoms with Gasteiger partial charge in [0.15, 0.2) is 0 Å². The fourth-order valence-corrected chi connectivity index (χ4v) is 1.56. The molecule has 0 saturated heterocycles. The Kier molecular flexibility index (Phi) is 4.78. The molecule has 0 aliphatic carbocycles. The largest absolute Gasteiger partial charge is 0.489 e. The fraction of sp³-hybridized carbons (Fsp3) is 0.500. The van der Waals surface area contributed by atoms with Crippen molar-refractivity contribution >= 4 is 17.3 Å². The van der Waals surface area contributed by atoms with Crippen LogP contribution >= 0.6 is 11.6 Å². The Morgan fingerprint density at radius 2 is 1.61 bits per heavy atom. The number of ether oxygens (including phenoxy) is 2. The third-order valence-electron chi connectivity index (χ3n) is 1.94. The van der Waals surface area contributed by atoms with Gasteiger partial charge in [-0.3, -0.25) is 10.1 Å². The molecule has 0 heterocycles. The molecule has 0 unspecified atom stereocenters. The van der Waals surface area contributed by atoms with Crippen LogP contribution in [0, 0.1) is 10.1 Å². The second kappa shape index (κ2) is 5.91. The zero-order valence-electron chi connectivity index (χ0n) is 10.8. The molecular weight excluding hydrogens is 258 g/mol. The molecule has 0 fully saturated rings. The van der Waals surface area contributed by atoms with Gasteiger partial charge in [-0.15, -0.1) is 0 Å². The maximum atomic E-state index is 10.9. The lowest BCUT2D eigenvalue weighted by Gasteiger charge is -2.15. The van der Waals surface area contributed by atoms with Crippen LogP contribution in [-0.4, -0.2) is 17.1 Å². The number of nitro groups is 1. The molecule has 0 aliphatic rings. The van der Waals surface area contributed by atoms with Gasteiger partial charge in [-0.05, 0) is 27.7 Å². The standard InChI is InChI=1S/C12H16ClNO4/c1-7(2)17-11-6-12(18-8(3)4)10(14(15)16)5-9(11)13/h5-8H,1-4H3. The predicted molar refractivity (Wildman–Crippen MR) is 69.6 cm³/mol. The molecule has 0 bridgehead atoms. The zero-order chi connectivity index (χ0) is 13.9. The molecule has 5 nitrogen and oxygen atoms in total. The molecule has 1 aromatic rings. The first-order valence-electron chi connectivity index (χ1n) is 5.62. The van der Waals surface area contributed by atoms with E-state index in [0.29, 0.717) is 5.75 Å². The first-order valence-corrected chi connectivity index (χ1v) is 6.00. The van der Waals surface area contributed by atoms with Crippen LogP contribution in [0.15, 0.2) is 12.1 Å². The second-order valence-corrected chi connectivity index (χ2v) is 4.75. The Balaban J connectivity index is 3.21. The van der Waals surface area contributed by atoms with Crippen LogP contribution in [0.3, 0.4) is 0 Å². The number of rotatable bonds is 5. The van der Waals surface area contributed by atoms with Crippen molar-refractivity contribution in [2.75, 3.05) is 0 Å². The van der Waals surface area contributed by atoms with Crippen LogP contribution < -0.4 is 9.47 Å². The van der Waals surface area contributed by atoms with E-state index in [2.05, 4.69) is 0 Å². The molecule has 0 radical (unpaired) electrons. The van der Waals surface area contributed by atoms with Crippen LogP contribution in [0.2, 0.25) is 5.02 Å². The van der Waals surface area contributed by atoms with Gasteiger partial charge in [0.1, 0.15) is 5.75 Å². The van der Waals surface area contributed by atoms with Gasteiger partial charge in [-0.1, -0.05) is 11.6 Å². The van der Waals surface area contributed by atoms with Crippen LogP contribution in [0.25, 0.3) is 0 Å². The third-order valence-corrected chi connectivity index (χ3v) is 2.23. The number of halogens is 1. The van der Waals surface area contributed by atoms with Gasteiger partial charge < -0.3 is 9.47 Å². The van der Waals surface area contributed by atoms with Crippen LogP contribution in [0.4, 0.5) is 5.69 Å². The van der Waals surface area contributed by atoms with E-state index in [1.807, 2.05) is 13.8 Å². The Morgan fingerprint density at radius 1 is 1.11 bits per heavy atom. The van der Waals surface area contributed by atoms with Crippen molar-refractivity contribution < 1.29 is 14.4 Å². The summed E-state index contributed by atoms with van der Waals surface area (Å²) in [5, 5.41) is 11.1. The summed E-state index contributed by atoms with van der Waals surface area (Å²) in [6.45, 7) is 7.28. The van der Waals surface area contributed by atoms with Crippen molar-refractivity contribution in [1.29, 1.82) is 0 Å². The lowest BCUT2D eigenvalue weighted by molar-refractivity contribution is -0.386. The molecule has 0 amide bonds. The van der Waals surface area contributed by atoms with E-state index in [1.54, 1.807) is 13.8 Å². The molecule has 0 aromatic heterocycles. The third kappa shape index (κ3) is 3.77. The molecule has 18 heavy (non-hydrogen) atoms. The van der Waals surface area contributed by atoms with Gasteiger partial charge >= 0.3 is 5.69 Å². The summed E-state index contributed by atoms with van der Waals surface area (Å²) in [5.74, 6) is 0.544. The highest BCUT2D eigenvalue weighted by atomic mass is 35.5. The van der Waals surface area contributed by atoms with Gasteiger partial charge in [0.25, 0.3) is 0 Å². The zero-order valence-corrected chi connectivity index (χ0v) is 11.5. The van der Waals surface area contributed by atoms with Crippen molar-refractivity contribution in [3.05, 3.63) is 27.3 Å². The van der Waals surface area contributed by atoms with Crippen LogP contribution in [-0.2, 0) is 0 Å². The van der Waals surface area contributed by atoms with Crippen molar-refractivity contribution in [3.63, 3.8) is 0 Å². The van der Waals surface area contributed by atoms with E-state index in [1.165, 1.54) is 12.1 Å². The molecule has 0 spiro atoms.